The molecule has 3 aromatic rings. The van der Waals surface area contributed by atoms with Crippen LogP contribution in [-0.4, -0.2) is 30.8 Å². The maximum atomic E-state index is 12.0. The molecule has 9 heteroatoms. The Balaban J connectivity index is 1.68. The number of carbonyl (C=O) groups is 1. The van der Waals surface area contributed by atoms with E-state index in [2.05, 4.69) is 26.2 Å². The SMILES string of the molecule is CCS(=O)(=O)c1ccc2oc(SCC(=O)Nc3cccc(Br)c3)nc2c1. The Bertz CT molecular complexity index is 1060. The molecule has 0 unspecified atom stereocenters. The molecule has 0 saturated heterocycles. The van der Waals surface area contributed by atoms with Crippen LogP contribution in [0.5, 0.6) is 0 Å². The summed E-state index contributed by atoms with van der Waals surface area (Å²) in [4.78, 5) is 16.5. The number of amides is 1. The molecule has 2 aromatic carbocycles. The highest BCUT2D eigenvalue weighted by molar-refractivity contribution is 9.10. The van der Waals surface area contributed by atoms with E-state index < -0.39 is 9.84 Å². The summed E-state index contributed by atoms with van der Waals surface area (Å²) in [7, 11) is -3.30. The number of hydrogen-bond acceptors (Lipinski definition) is 6. The number of rotatable bonds is 6. The van der Waals surface area contributed by atoms with Crippen molar-refractivity contribution in [1.29, 1.82) is 0 Å². The zero-order chi connectivity index (χ0) is 18.7. The van der Waals surface area contributed by atoms with E-state index >= 15 is 0 Å². The minimum absolute atomic E-state index is 0.0216. The molecule has 136 valence electrons. The Morgan fingerprint density at radius 2 is 2.08 bits per heavy atom. The highest BCUT2D eigenvalue weighted by Gasteiger charge is 2.15. The summed E-state index contributed by atoms with van der Waals surface area (Å²) in [5.74, 6) is -0.0442. The van der Waals surface area contributed by atoms with Crippen LogP contribution in [0.25, 0.3) is 11.1 Å². The van der Waals surface area contributed by atoms with Gasteiger partial charge >= 0.3 is 0 Å². The first kappa shape index (κ1) is 18.9. The molecule has 1 amide bonds. The fourth-order valence-electron chi connectivity index (χ4n) is 2.20. The van der Waals surface area contributed by atoms with Crippen molar-refractivity contribution in [3.8, 4) is 0 Å². The molecule has 0 fully saturated rings. The maximum absolute atomic E-state index is 12.0. The molecule has 6 nitrogen and oxygen atoms in total. The van der Waals surface area contributed by atoms with Gasteiger partial charge in [0.05, 0.1) is 16.4 Å². The molecular weight excluding hydrogens is 440 g/mol. The summed E-state index contributed by atoms with van der Waals surface area (Å²) >= 11 is 4.49. The second-order valence-corrected chi connectivity index (χ2v) is 9.48. The van der Waals surface area contributed by atoms with Crippen molar-refractivity contribution in [2.45, 2.75) is 17.0 Å². The highest BCUT2D eigenvalue weighted by atomic mass is 79.9. The fraction of sp³-hybridized carbons (Fsp3) is 0.176. The van der Waals surface area contributed by atoms with Crippen LogP contribution in [0.1, 0.15) is 6.92 Å². The first-order valence-electron chi connectivity index (χ1n) is 7.69. The van der Waals surface area contributed by atoms with Crippen molar-refractivity contribution in [2.75, 3.05) is 16.8 Å². The summed E-state index contributed by atoms with van der Waals surface area (Å²) in [6, 6.07) is 11.9. The van der Waals surface area contributed by atoms with E-state index in [0.29, 0.717) is 22.0 Å². The predicted molar refractivity (Wildman–Crippen MR) is 105 cm³/mol. The Morgan fingerprint density at radius 3 is 2.81 bits per heavy atom. The maximum Gasteiger partial charge on any atom is 0.257 e. The number of nitrogens with zero attached hydrogens (tertiary/aromatic N) is 1. The van der Waals surface area contributed by atoms with E-state index in [-0.39, 0.29) is 22.3 Å². The number of carbonyl (C=O) groups excluding carboxylic acids is 1. The van der Waals surface area contributed by atoms with Crippen molar-refractivity contribution in [2.24, 2.45) is 0 Å². The van der Waals surface area contributed by atoms with Gasteiger partial charge in [-0.3, -0.25) is 4.79 Å². The molecule has 26 heavy (non-hydrogen) atoms. The number of nitrogens with one attached hydrogen (secondary N) is 1. The zero-order valence-corrected chi connectivity index (χ0v) is 16.9. The van der Waals surface area contributed by atoms with E-state index in [4.69, 9.17) is 4.42 Å². The molecule has 0 bridgehead atoms. The number of anilines is 1. The van der Waals surface area contributed by atoms with Crippen LogP contribution in [0, 0.1) is 0 Å². The number of benzene rings is 2. The lowest BCUT2D eigenvalue weighted by Crippen LogP contribution is -2.13. The van der Waals surface area contributed by atoms with Crippen molar-refractivity contribution >= 4 is 60.2 Å². The summed E-state index contributed by atoms with van der Waals surface area (Å²) < 4.78 is 30.3. The normalized spacial score (nSPS) is 11.6. The third kappa shape index (κ3) is 4.46. The minimum Gasteiger partial charge on any atom is -0.431 e. The lowest BCUT2D eigenvalue weighted by atomic mass is 10.3. The van der Waals surface area contributed by atoms with Crippen LogP contribution in [0.3, 0.4) is 0 Å². The van der Waals surface area contributed by atoms with Crippen LogP contribution in [0.2, 0.25) is 0 Å². The molecule has 1 aromatic heterocycles. The zero-order valence-electron chi connectivity index (χ0n) is 13.7. The monoisotopic (exact) mass is 454 g/mol. The van der Waals surface area contributed by atoms with E-state index in [9.17, 15) is 13.2 Å². The van der Waals surface area contributed by atoms with Crippen LogP contribution in [0.4, 0.5) is 5.69 Å². The molecule has 1 heterocycles. The van der Waals surface area contributed by atoms with E-state index in [1.165, 1.54) is 12.1 Å². The molecule has 0 aliphatic rings. The lowest BCUT2D eigenvalue weighted by molar-refractivity contribution is -0.113. The number of sulfone groups is 1. The Labute approximate surface area is 163 Å². The highest BCUT2D eigenvalue weighted by Crippen LogP contribution is 2.26. The number of oxazole rings is 1. The van der Waals surface area contributed by atoms with E-state index in [0.717, 1.165) is 16.2 Å². The Morgan fingerprint density at radius 1 is 1.27 bits per heavy atom. The number of aromatic nitrogens is 1. The van der Waals surface area contributed by atoms with Gasteiger partial charge < -0.3 is 9.73 Å². The largest absolute Gasteiger partial charge is 0.431 e. The molecule has 0 aliphatic carbocycles. The van der Waals surface area contributed by atoms with Crippen molar-refractivity contribution in [3.63, 3.8) is 0 Å². The first-order chi connectivity index (χ1) is 12.4. The molecule has 0 radical (unpaired) electrons. The number of halogens is 1. The standard InChI is InChI=1S/C17H15BrN2O4S2/c1-2-26(22,23)13-6-7-15-14(9-13)20-17(24-15)25-10-16(21)19-12-5-3-4-11(18)8-12/h3-9H,2,10H2,1H3,(H,19,21). The molecule has 0 saturated carbocycles. The number of fused-ring (bicyclic) bond motifs is 1. The molecule has 0 atom stereocenters. The minimum atomic E-state index is -3.30. The van der Waals surface area contributed by atoms with Gasteiger partial charge in [-0.25, -0.2) is 13.4 Å². The van der Waals surface area contributed by atoms with Crippen LogP contribution in [-0.2, 0) is 14.6 Å². The first-order valence-corrected chi connectivity index (χ1v) is 11.1. The summed E-state index contributed by atoms with van der Waals surface area (Å²) in [6.07, 6.45) is 0. The average Bonchev–Trinajstić information content (AvgIpc) is 3.02. The molecule has 3 rings (SSSR count). The quantitative estimate of drug-likeness (QED) is 0.563. The van der Waals surface area contributed by atoms with Gasteiger partial charge in [-0.15, -0.1) is 0 Å². The van der Waals surface area contributed by atoms with Gasteiger partial charge in [0.2, 0.25) is 5.91 Å². The van der Waals surface area contributed by atoms with E-state index in [1.54, 1.807) is 25.1 Å². The Hall–Kier alpha value is -1.84. The second kappa shape index (κ2) is 7.81. The summed E-state index contributed by atoms with van der Waals surface area (Å²) in [5, 5.41) is 3.10. The topological polar surface area (TPSA) is 89.3 Å². The van der Waals surface area contributed by atoms with Gasteiger partial charge in [0.15, 0.2) is 15.4 Å². The van der Waals surface area contributed by atoms with Gasteiger partial charge in [-0.2, -0.15) is 0 Å². The molecule has 0 aliphatic heterocycles. The Kier molecular flexibility index (Phi) is 5.69. The van der Waals surface area contributed by atoms with Crippen LogP contribution in [0.15, 0.2) is 61.5 Å². The fourth-order valence-corrected chi connectivity index (χ4v) is 4.14. The summed E-state index contributed by atoms with van der Waals surface area (Å²) in [6.45, 7) is 1.59. The van der Waals surface area contributed by atoms with Gasteiger partial charge in [0.25, 0.3) is 5.22 Å². The predicted octanol–water partition coefficient (Wildman–Crippen LogP) is 4.11. The van der Waals surface area contributed by atoms with Crippen molar-refractivity contribution < 1.29 is 17.6 Å². The smallest absolute Gasteiger partial charge is 0.257 e. The summed E-state index contributed by atoms with van der Waals surface area (Å²) in [5.41, 5.74) is 1.63. The van der Waals surface area contributed by atoms with Crippen LogP contribution < -0.4 is 5.32 Å². The van der Waals surface area contributed by atoms with Gasteiger partial charge in [-0.05, 0) is 36.4 Å². The molecular formula is C17H15BrN2O4S2. The van der Waals surface area contributed by atoms with E-state index in [1.807, 2.05) is 12.1 Å². The second-order valence-electron chi connectivity index (χ2n) is 5.36. The molecule has 1 N–H and O–H groups in total. The average molecular weight is 455 g/mol. The lowest BCUT2D eigenvalue weighted by Gasteiger charge is -2.04. The molecule has 0 spiro atoms. The third-order valence-electron chi connectivity index (χ3n) is 3.51. The number of hydrogen-bond donors (Lipinski definition) is 1. The number of thioether (sulfide) groups is 1. The van der Waals surface area contributed by atoms with Gasteiger partial charge in [-0.1, -0.05) is 40.7 Å². The van der Waals surface area contributed by atoms with Crippen molar-refractivity contribution in [1.82, 2.24) is 4.98 Å². The third-order valence-corrected chi connectivity index (χ3v) is 6.57. The van der Waals surface area contributed by atoms with Gasteiger partial charge in [0.1, 0.15) is 5.52 Å². The van der Waals surface area contributed by atoms with Crippen LogP contribution >= 0.6 is 27.7 Å². The van der Waals surface area contributed by atoms with Gasteiger partial charge in [0, 0.05) is 10.2 Å². The van der Waals surface area contributed by atoms with Crippen molar-refractivity contribution in [3.05, 3.63) is 46.9 Å².